The minimum Gasteiger partial charge on any atom is -0.394 e. The quantitative estimate of drug-likeness (QED) is 0.0895. The molecule has 7 N–H and O–H groups in total. The molecule has 0 saturated carbocycles. The molecule has 0 fully saturated rings. The van der Waals surface area contributed by atoms with Gasteiger partial charge in [-0.25, -0.2) is 0 Å². The Labute approximate surface area is 57.1 Å². The van der Waals surface area contributed by atoms with Gasteiger partial charge in [-0.1, -0.05) is 5.11 Å². The van der Waals surface area contributed by atoms with Gasteiger partial charge in [0.25, 0.3) is 0 Å². The summed E-state index contributed by atoms with van der Waals surface area (Å²) in [7, 11) is -2.62. The molecule has 10 heavy (non-hydrogen) atoms. The molecule has 0 spiro atoms. The smallest absolute Gasteiger partial charge is 0.324 e. The zero-order valence-electron chi connectivity index (χ0n) is 4.71. The van der Waals surface area contributed by atoms with E-state index >= 15 is 0 Å². The zero-order chi connectivity index (χ0) is 8.57. The molecule has 0 atom stereocenters. The topological polar surface area (TPSA) is 156 Å². The fraction of sp³-hybridized carbons (Fsp3) is 0. The van der Waals surface area contributed by atoms with E-state index in [1.807, 2.05) is 0 Å². The van der Waals surface area contributed by atoms with Crippen molar-refractivity contribution in [1.29, 1.82) is 5.41 Å². The second kappa shape index (κ2) is 8.18. The van der Waals surface area contributed by atoms with E-state index in [1.54, 1.807) is 0 Å². The van der Waals surface area contributed by atoms with E-state index in [4.69, 9.17) is 25.3 Å². The van der Waals surface area contributed by atoms with E-state index in [2.05, 4.69) is 16.1 Å². The van der Waals surface area contributed by atoms with Gasteiger partial charge in [-0.15, -0.1) is 0 Å². The van der Waals surface area contributed by atoms with Crippen molar-refractivity contribution < 1.29 is 19.9 Å². The Morgan fingerprint density at radius 3 is 1.70 bits per heavy atom. The van der Waals surface area contributed by atoms with Crippen molar-refractivity contribution in [2.45, 2.75) is 0 Å². The second-order valence-electron chi connectivity index (χ2n) is 0.843. The lowest BCUT2D eigenvalue weighted by atomic mass is 11.1. The molecule has 0 heterocycles. The molecule has 0 aromatic heterocycles. The first-order valence-electron chi connectivity index (χ1n) is 1.76. The molecule has 0 amide bonds. The van der Waals surface area contributed by atoms with Gasteiger partial charge < -0.3 is 25.6 Å². The van der Waals surface area contributed by atoms with E-state index in [1.165, 1.54) is 0 Å². The predicted octanol–water partition coefficient (Wildman–Crippen LogP) is -1.09. The summed E-state index contributed by atoms with van der Waals surface area (Å²) in [6.45, 7) is 0. The maximum Gasteiger partial charge on any atom is 0.324 e. The predicted molar refractivity (Wildman–Crippen MR) is 32.1 cm³/mol. The second-order valence-corrected chi connectivity index (χ2v) is 1.38. The third-order valence-corrected chi connectivity index (χ3v) is 0.152. The molecule has 8 nitrogen and oxygen atoms in total. The molecule has 0 aliphatic heterocycles. The summed E-state index contributed by atoms with van der Waals surface area (Å²) < 4.78 is 0. The van der Waals surface area contributed by atoms with Gasteiger partial charge in [-0.3, -0.25) is 5.41 Å². The van der Waals surface area contributed by atoms with Gasteiger partial charge in [0, 0.05) is 5.28 Å². The van der Waals surface area contributed by atoms with Crippen molar-refractivity contribution in [3.63, 3.8) is 0 Å². The SMILES string of the molecule is N=C(N)N=NO.OP(O)O. The van der Waals surface area contributed by atoms with Crippen molar-refractivity contribution >= 4 is 14.6 Å². The average Bonchev–Trinajstić information content (AvgIpc) is 1.62. The molecule has 0 aromatic carbocycles. The van der Waals surface area contributed by atoms with Gasteiger partial charge >= 0.3 is 8.60 Å². The number of nitrogens with zero attached hydrogens (tertiary/aromatic N) is 2. The normalized spacial score (nSPS) is 9.20. The zero-order valence-corrected chi connectivity index (χ0v) is 5.60. The van der Waals surface area contributed by atoms with Crippen molar-refractivity contribution in [2.24, 2.45) is 16.1 Å². The Kier molecular flexibility index (Phi) is 9.75. The van der Waals surface area contributed by atoms with Crippen LogP contribution < -0.4 is 5.73 Å². The third kappa shape index (κ3) is 57.7. The van der Waals surface area contributed by atoms with Crippen LogP contribution in [0.15, 0.2) is 10.4 Å². The highest BCUT2D eigenvalue weighted by atomic mass is 31.2. The van der Waals surface area contributed by atoms with Crippen LogP contribution in [0.2, 0.25) is 0 Å². The number of nitrogens with two attached hydrogens (primary N) is 1. The summed E-state index contributed by atoms with van der Waals surface area (Å²) >= 11 is 0. The van der Waals surface area contributed by atoms with Crippen LogP contribution in [0.3, 0.4) is 0 Å². The van der Waals surface area contributed by atoms with Crippen molar-refractivity contribution in [1.82, 2.24) is 0 Å². The highest BCUT2D eigenvalue weighted by Crippen LogP contribution is 2.11. The summed E-state index contributed by atoms with van der Waals surface area (Å²) in [6, 6.07) is 0. The Bertz CT molecular complexity index is 111. The first-order chi connectivity index (χ1) is 4.50. The van der Waals surface area contributed by atoms with Crippen LogP contribution in [0.25, 0.3) is 0 Å². The van der Waals surface area contributed by atoms with Gasteiger partial charge in [0.05, 0.1) is 0 Å². The van der Waals surface area contributed by atoms with Crippen LogP contribution in [0.4, 0.5) is 0 Å². The maximum absolute atomic E-state index is 7.47. The fourth-order valence-electron chi connectivity index (χ4n) is 0.0482. The summed E-state index contributed by atoms with van der Waals surface area (Å²) in [4.78, 5) is 21.7. The molecule has 0 aliphatic carbocycles. The van der Waals surface area contributed by atoms with Crippen LogP contribution in [-0.2, 0) is 0 Å². The molecule has 0 aliphatic rings. The summed E-state index contributed by atoms with van der Waals surface area (Å²) in [6.07, 6.45) is 0. The fourth-order valence-corrected chi connectivity index (χ4v) is 0.0482. The molecule has 0 saturated heterocycles. The standard InChI is InChI=1S/CH4N4O.H3O3P/c2-1(3)4-5-6;1-4(2)3/h(H4,2,3,4,6);1-3H. The van der Waals surface area contributed by atoms with Gasteiger partial charge in [0.1, 0.15) is 0 Å². The molecule has 0 unspecified atom stereocenters. The summed E-state index contributed by atoms with van der Waals surface area (Å²) in [5, 5.41) is 18.6. The first kappa shape index (κ1) is 11.9. The van der Waals surface area contributed by atoms with E-state index < -0.39 is 14.6 Å². The van der Waals surface area contributed by atoms with Crippen molar-refractivity contribution in [2.75, 3.05) is 0 Å². The molecule has 60 valence electrons. The molecule has 0 aromatic rings. The van der Waals surface area contributed by atoms with Crippen LogP contribution in [0.5, 0.6) is 0 Å². The van der Waals surface area contributed by atoms with Gasteiger partial charge in [0.15, 0.2) is 0 Å². The highest BCUT2D eigenvalue weighted by molar-refractivity contribution is 7.38. The molecular weight excluding hydrogens is 163 g/mol. The van der Waals surface area contributed by atoms with E-state index in [9.17, 15) is 0 Å². The maximum atomic E-state index is 7.47. The monoisotopic (exact) mass is 170 g/mol. The lowest BCUT2D eigenvalue weighted by Gasteiger charge is -1.76. The number of guanidine groups is 1. The summed E-state index contributed by atoms with van der Waals surface area (Å²) in [5.41, 5.74) is 4.57. The van der Waals surface area contributed by atoms with E-state index in [0.717, 1.165) is 0 Å². The molecule has 0 bridgehead atoms. The van der Waals surface area contributed by atoms with Crippen molar-refractivity contribution in [3.8, 4) is 0 Å². The number of hydrogen-bond donors (Lipinski definition) is 6. The van der Waals surface area contributed by atoms with Crippen molar-refractivity contribution in [3.05, 3.63) is 0 Å². The molecule has 9 heteroatoms. The van der Waals surface area contributed by atoms with Gasteiger partial charge in [0.2, 0.25) is 5.96 Å². The van der Waals surface area contributed by atoms with E-state index in [0.29, 0.717) is 0 Å². The Hall–Kier alpha value is -0.820. The first-order valence-corrected chi connectivity index (χ1v) is 2.96. The average molecular weight is 170 g/mol. The Balaban J connectivity index is 0. The lowest BCUT2D eigenvalue weighted by Crippen LogP contribution is -2.03. The third-order valence-electron chi connectivity index (χ3n) is 0.152. The van der Waals surface area contributed by atoms with Crippen LogP contribution in [0, 0.1) is 5.41 Å². The Morgan fingerprint density at radius 1 is 1.40 bits per heavy atom. The minimum atomic E-state index is -2.62. The van der Waals surface area contributed by atoms with Crippen LogP contribution in [0.1, 0.15) is 0 Å². The van der Waals surface area contributed by atoms with Gasteiger partial charge in [-0.2, -0.15) is 0 Å². The number of rotatable bonds is 0. The van der Waals surface area contributed by atoms with Crippen LogP contribution >= 0.6 is 8.60 Å². The van der Waals surface area contributed by atoms with E-state index in [-0.39, 0.29) is 0 Å². The summed E-state index contributed by atoms with van der Waals surface area (Å²) in [5.74, 6) is -0.502. The molecule has 0 radical (unpaired) electrons. The number of hydrogen-bond acceptors (Lipinski definition) is 5. The number of nitrogens with one attached hydrogen (secondary N) is 1. The minimum absolute atomic E-state index is 0.502. The lowest BCUT2D eigenvalue weighted by molar-refractivity contribution is 0.290. The Morgan fingerprint density at radius 2 is 1.70 bits per heavy atom. The molecular formula is CH7N4O4P. The largest absolute Gasteiger partial charge is 0.394 e. The van der Waals surface area contributed by atoms with Crippen LogP contribution in [-0.4, -0.2) is 25.8 Å². The molecule has 0 rings (SSSR count). The van der Waals surface area contributed by atoms with Gasteiger partial charge in [-0.05, 0) is 0 Å². The highest BCUT2D eigenvalue weighted by Gasteiger charge is 1.76.